The Labute approximate surface area is 223 Å². The molecule has 4 aromatic rings. The molecule has 4 nitrogen and oxygen atoms in total. The average molecular weight is 510 g/mol. The lowest BCUT2D eigenvalue weighted by atomic mass is 9.98. The van der Waals surface area contributed by atoms with E-state index in [0.717, 1.165) is 11.1 Å². The van der Waals surface area contributed by atoms with Crippen molar-refractivity contribution in [3.8, 4) is 16.9 Å². The fourth-order valence-corrected chi connectivity index (χ4v) is 5.17. The number of hydrogen-bond donors (Lipinski definition) is 1. The van der Waals surface area contributed by atoms with Gasteiger partial charge in [0, 0.05) is 12.0 Å². The first kappa shape index (κ1) is 25.5. The van der Waals surface area contributed by atoms with E-state index in [9.17, 15) is 9.18 Å². The van der Waals surface area contributed by atoms with Crippen LogP contribution in [0.2, 0.25) is 0 Å². The Morgan fingerprint density at radius 3 is 2.13 bits per heavy atom. The SMILES string of the molecule is C[C@@H](Cc1ccc(OC(C)(C)c2ccccc2)c(F)c1)NC(=O)OCC1c2ccccc2-c2ccccc21. The molecule has 0 fully saturated rings. The highest BCUT2D eigenvalue weighted by Gasteiger charge is 2.29. The lowest BCUT2D eigenvalue weighted by molar-refractivity contribution is 0.103. The quantitative estimate of drug-likeness (QED) is 0.266. The number of alkyl carbamates (subject to hydrolysis) is 1. The first-order valence-corrected chi connectivity index (χ1v) is 13.0. The van der Waals surface area contributed by atoms with Crippen LogP contribution in [0.15, 0.2) is 97.1 Å². The van der Waals surface area contributed by atoms with Crippen molar-refractivity contribution in [3.05, 3.63) is 125 Å². The molecule has 0 spiro atoms. The third-order valence-electron chi connectivity index (χ3n) is 7.08. The Kier molecular flexibility index (Phi) is 7.19. The molecule has 0 aliphatic heterocycles. The molecule has 1 aliphatic carbocycles. The molecule has 0 aromatic heterocycles. The minimum Gasteiger partial charge on any atom is -0.480 e. The zero-order valence-corrected chi connectivity index (χ0v) is 21.9. The van der Waals surface area contributed by atoms with E-state index in [0.29, 0.717) is 6.42 Å². The number of amides is 1. The van der Waals surface area contributed by atoms with E-state index >= 15 is 0 Å². The van der Waals surface area contributed by atoms with Crippen molar-refractivity contribution in [3.63, 3.8) is 0 Å². The monoisotopic (exact) mass is 509 g/mol. The maximum atomic E-state index is 14.9. The summed E-state index contributed by atoms with van der Waals surface area (Å²) in [6.07, 6.45) is -0.0203. The summed E-state index contributed by atoms with van der Waals surface area (Å²) in [6.45, 7) is 5.96. The first-order valence-electron chi connectivity index (χ1n) is 13.0. The fraction of sp³-hybridized carbons (Fsp3) is 0.242. The fourth-order valence-electron chi connectivity index (χ4n) is 5.17. The molecule has 1 amide bonds. The zero-order valence-electron chi connectivity index (χ0n) is 21.9. The number of halogens is 1. The van der Waals surface area contributed by atoms with Crippen molar-refractivity contribution in [2.75, 3.05) is 6.61 Å². The lowest BCUT2D eigenvalue weighted by Gasteiger charge is -2.27. The summed E-state index contributed by atoms with van der Waals surface area (Å²) < 4.78 is 26.6. The van der Waals surface area contributed by atoms with E-state index in [1.54, 1.807) is 6.07 Å². The number of ether oxygens (including phenoxy) is 2. The van der Waals surface area contributed by atoms with Crippen molar-refractivity contribution in [2.45, 2.75) is 44.8 Å². The van der Waals surface area contributed by atoms with E-state index in [2.05, 4.69) is 29.6 Å². The molecule has 0 heterocycles. The van der Waals surface area contributed by atoms with Gasteiger partial charge in [-0.05, 0) is 72.7 Å². The van der Waals surface area contributed by atoms with Gasteiger partial charge in [0.1, 0.15) is 12.2 Å². The standard InChI is InChI=1S/C33H32FNO3/c1-22(19-23-17-18-31(30(34)20-23)38-33(2,3)24-11-5-4-6-12-24)35-32(36)37-21-29-27-15-9-7-13-25(27)26-14-8-10-16-28(26)29/h4-18,20,22,29H,19,21H2,1-3H3,(H,35,36)/t22-/m0/s1. The van der Waals surface area contributed by atoms with Gasteiger partial charge in [-0.1, -0.05) is 84.9 Å². The van der Waals surface area contributed by atoms with Crippen LogP contribution in [-0.4, -0.2) is 18.7 Å². The summed E-state index contributed by atoms with van der Waals surface area (Å²) >= 11 is 0. The molecule has 4 aromatic carbocycles. The third-order valence-corrected chi connectivity index (χ3v) is 7.08. The van der Waals surface area contributed by atoms with Crippen LogP contribution in [0.25, 0.3) is 11.1 Å². The van der Waals surface area contributed by atoms with Crippen LogP contribution in [0.4, 0.5) is 9.18 Å². The predicted octanol–water partition coefficient (Wildman–Crippen LogP) is 7.61. The number of fused-ring (bicyclic) bond motifs is 3. The Hall–Kier alpha value is -4.12. The Morgan fingerprint density at radius 1 is 0.895 bits per heavy atom. The van der Waals surface area contributed by atoms with Crippen LogP contribution in [0.5, 0.6) is 5.75 Å². The van der Waals surface area contributed by atoms with E-state index in [1.807, 2.05) is 81.4 Å². The van der Waals surface area contributed by atoms with Crippen LogP contribution >= 0.6 is 0 Å². The summed E-state index contributed by atoms with van der Waals surface area (Å²) in [6, 6.07) is 30.9. The van der Waals surface area contributed by atoms with E-state index in [-0.39, 0.29) is 24.3 Å². The van der Waals surface area contributed by atoms with Crippen LogP contribution in [-0.2, 0) is 16.8 Å². The molecule has 0 saturated heterocycles. The summed E-state index contributed by atoms with van der Waals surface area (Å²) in [5.41, 5.74) is 5.76. The average Bonchev–Trinajstić information content (AvgIpc) is 3.23. The van der Waals surface area contributed by atoms with Gasteiger partial charge in [0.15, 0.2) is 11.6 Å². The minimum absolute atomic E-state index is 0.00485. The van der Waals surface area contributed by atoms with Gasteiger partial charge in [-0.25, -0.2) is 9.18 Å². The molecule has 5 rings (SSSR count). The summed E-state index contributed by atoms with van der Waals surface area (Å²) in [7, 11) is 0. The number of rotatable bonds is 8. The van der Waals surface area contributed by atoms with Gasteiger partial charge in [-0.2, -0.15) is 0 Å². The molecule has 0 saturated carbocycles. The van der Waals surface area contributed by atoms with Crippen molar-refractivity contribution in [1.82, 2.24) is 5.32 Å². The second-order valence-electron chi connectivity index (χ2n) is 10.3. The number of hydrogen-bond acceptors (Lipinski definition) is 3. The maximum Gasteiger partial charge on any atom is 0.407 e. The summed E-state index contributed by atoms with van der Waals surface area (Å²) in [5, 5.41) is 2.88. The van der Waals surface area contributed by atoms with Crippen LogP contribution in [0.1, 0.15) is 48.9 Å². The van der Waals surface area contributed by atoms with E-state index < -0.39 is 17.5 Å². The zero-order chi connectivity index (χ0) is 26.7. The normalized spacial score (nSPS) is 13.4. The van der Waals surface area contributed by atoms with Gasteiger partial charge >= 0.3 is 6.09 Å². The number of carbonyl (C=O) groups excluding carboxylic acids is 1. The summed E-state index contributed by atoms with van der Waals surface area (Å²) in [5.74, 6) is -0.232. The maximum absolute atomic E-state index is 14.9. The summed E-state index contributed by atoms with van der Waals surface area (Å²) in [4.78, 5) is 12.6. The van der Waals surface area contributed by atoms with Crippen molar-refractivity contribution >= 4 is 6.09 Å². The smallest absolute Gasteiger partial charge is 0.407 e. The minimum atomic E-state index is -0.678. The van der Waals surface area contributed by atoms with Gasteiger partial charge in [-0.15, -0.1) is 0 Å². The number of nitrogens with one attached hydrogen (secondary N) is 1. The third kappa shape index (κ3) is 5.42. The predicted molar refractivity (Wildman–Crippen MR) is 148 cm³/mol. The van der Waals surface area contributed by atoms with Crippen LogP contribution in [0.3, 0.4) is 0 Å². The van der Waals surface area contributed by atoms with Crippen molar-refractivity contribution in [2.24, 2.45) is 0 Å². The molecule has 0 radical (unpaired) electrons. The molecule has 194 valence electrons. The molecule has 5 heteroatoms. The Morgan fingerprint density at radius 2 is 1.50 bits per heavy atom. The highest BCUT2D eigenvalue weighted by molar-refractivity contribution is 5.79. The molecule has 1 N–H and O–H groups in total. The number of benzene rings is 4. The van der Waals surface area contributed by atoms with Gasteiger partial charge < -0.3 is 14.8 Å². The van der Waals surface area contributed by atoms with E-state index in [4.69, 9.17) is 9.47 Å². The molecule has 0 bridgehead atoms. The number of carbonyl (C=O) groups is 1. The second-order valence-corrected chi connectivity index (χ2v) is 10.3. The van der Waals surface area contributed by atoms with Crippen LogP contribution < -0.4 is 10.1 Å². The Balaban J connectivity index is 1.17. The van der Waals surface area contributed by atoms with E-state index in [1.165, 1.54) is 28.3 Å². The lowest BCUT2D eigenvalue weighted by Crippen LogP contribution is -2.35. The van der Waals surface area contributed by atoms with Gasteiger partial charge in [0.2, 0.25) is 0 Å². The first-order chi connectivity index (χ1) is 18.3. The molecular weight excluding hydrogens is 477 g/mol. The molecule has 0 unspecified atom stereocenters. The molecule has 1 aliphatic rings. The molecular formula is C33H32FNO3. The Bertz CT molecular complexity index is 1390. The second kappa shape index (κ2) is 10.7. The van der Waals surface area contributed by atoms with Gasteiger partial charge in [0.25, 0.3) is 0 Å². The topological polar surface area (TPSA) is 47.6 Å². The molecule has 1 atom stereocenters. The van der Waals surface area contributed by atoms with Crippen molar-refractivity contribution < 1.29 is 18.7 Å². The highest BCUT2D eigenvalue weighted by Crippen LogP contribution is 2.44. The van der Waals surface area contributed by atoms with Gasteiger partial charge in [0.05, 0.1) is 0 Å². The largest absolute Gasteiger partial charge is 0.480 e. The van der Waals surface area contributed by atoms with Crippen LogP contribution in [0, 0.1) is 5.82 Å². The van der Waals surface area contributed by atoms with Gasteiger partial charge in [-0.3, -0.25) is 0 Å². The highest BCUT2D eigenvalue weighted by atomic mass is 19.1. The van der Waals surface area contributed by atoms with Crippen molar-refractivity contribution in [1.29, 1.82) is 0 Å². The molecule has 38 heavy (non-hydrogen) atoms.